The summed E-state index contributed by atoms with van der Waals surface area (Å²) in [6.45, 7) is 7.74. The lowest BCUT2D eigenvalue weighted by Gasteiger charge is -2.24. The number of hydrogen-bond donors (Lipinski definition) is 0. The summed E-state index contributed by atoms with van der Waals surface area (Å²) in [5.74, 6) is 0.00833. The molecule has 0 unspecified atom stereocenters. The molecule has 0 aliphatic carbocycles. The van der Waals surface area contributed by atoms with E-state index in [9.17, 15) is 13.2 Å². The van der Waals surface area contributed by atoms with Gasteiger partial charge in [-0.25, -0.2) is 13.4 Å². The fraction of sp³-hybridized carbons (Fsp3) is 0.450. The molecule has 0 atom stereocenters. The molecule has 0 aromatic carbocycles. The van der Waals surface area contributed by atoms with Crippen molar-refractivity contribution in [2.75, 3.05) is 31.1 Å². The van der Waals surface area contributed by atoms with Crippen LogP contribution in [0.5, 0.6) is 0 Å². The predicted molar refractivity (Wildman–Crippen MR) is 108 cm³/mol. The molecule has 1 amide bonds. The molecular weight excluding hydrogens is 376 g/mol. The lowest BCUT2D eigenvalue weighted by atomic mass is 10.2. The molecule has 0 radical (unpaired) electrons. The zero-order valence-electron chi connectivity index (χ0n) is 16.5. The highest BCUT2D eigenvalue weighted by Crippen LogP contribution is 2.25. The van der Waals surface area contributed by atoms with Crippen LogP contribution in [0.3, 0.4) is 0 Å². The van der Waals surface area contributed by atoms with Gasteiger partial charge in [0.1, 0.15) is 0 Å². The number of aromatic nitrogens is 2. The molecule has 0 bridgehead atoms. The van der Waals surface area contributed by atoms with Crippen molar-refractivity contribution in [2.45, 2.75) is 37.0 Å². The van der Waals surface area contributed by atoms with Crippen molar-refractivity contribution in [1.82, 2.24) is 14.9 Å². The third kappa shape index (κ3) is 4.16. The summed E-state index contributed by atoms with van der Waals surface area (Å²) in [7, 11) is -3.47. The number of carbonyl (C=O) groups is 1. The van der Waals surface area contributed by atoms with Gasteiger partial charge >= 0.3 is 0 Å². The van der Waals surface area contributed by atoms with E-state index >= 15 is 0 Å². The minimum atomic E-state index is -3.47. The molecule has 1 saturated heterocycles. The van der Waals surface area contributed by atoms with Crippen LogP contribution in [0.2, 0.25) is 0 Å². The van der Waals surface area contributed by atoms with Gasteiger partial charge in [0.15, 0.2) is 14.9 Å². The van der Waals surface area contributed by atoms with Crippen molar-refractivity contribution < 1.29 is 13.2 Å². The molecule has 150 valence electrons. The Balaban J connectivity index is 1.70. The first-order chi connectivity index (χ1) is 13.2. The lowest BCUT2D eigenvalue weighted by Crippen LogP contribution is -2.35. The molecular formula is C20H26N4O3S. The van der Waals surface area contributed by atoms with Gasteiger partial charge in [0.25, 0.3) is 5.91 Å². The Kier molecular flexibility index (Phi) is 5.69. The van der Waals surface area contributed by atoms with E-state index in [1.807, 2.05) is 4.90 Å². The molecule has 8 heteroatoms. The average Bonchev–Trinajstić information content (AvgIpc) is 2.93. The summed E-state index contributed by atoms with van der Waals surface area (Å²) < 4.78 is 24.2. The van der Waals surface area contributed by atoms with Gasteiger partial charge in [0, 0.05) is 44.1 Å². The molecule has 7 nitrogen and oxygen atoms in total. The summed E-state index contributed by atoms with van der Waals surface area (Å²) in [6.07, 6.45) is 5.68. The molecule has 2 aromatic rings. The smallest absolute Gasteiger partial charge is 0.254 e. The van der Waals surface area contributed by atoms with Gasteiger partial charge in [-0.3, -0.25) is 9.78 Å². The number of amides is 1. The summed E-state index contributed by atoms with van der Waals surface area (Å²) in [6, 6.07) is 6.82. The zero-order chi connectivity index (χ0) is 20.4. The van der Waals surface area contributed by atoms with Crippen molar-refractivity contribution in [1.29, 1.82) is 0 Å². The average molecular weight is 403 g/mol. The molecule has 0 spiro atoms. The Morgan fingerprint density at radius 3 is 2.32 bits per heavy atom. The highest BCUT2D eigenvalue weighted by Gasteiger charge is 2.32. The van der Waals surface area contributed by atoms with Gasteiger partial charge in [-0.05, 0) is 51.5 Å². The van der Waals surface area contributed by atoms with E-state index < -0.39 is 14.6 Å². The Morgan fingerprint density at radius 1 is 1.00 bits per heavy atom. The Bertz CT molecular complexity index is 922. The van der Waals surface area contributed by atoms with Gasteiger partial charge in [0.2, 0.25) is 0 Å². The first-order valence-electron chi connectivity index (χ1n) is 9.35. The molecule has 2 aromatic heterocycles. The molecule has 1 aliphatic heterocycles. The maximum absolute atomic E-state index is 12.6. The topological polar surface area (TPSA) is 83.5 Å². The van der Waals surface area contributed by atoms with Crippen LogP contribution >= 0.6 is 0 Å². The maximum atomic E-state index is 12.6. The number of anilines is 1. The Hall–Kier alpha value is -2.48. The van der Waals surface area contributed by atoms with Gasteiger partial charge in [-0.1, -0.05) is 0 Å². The highest BCUT2D eigenvalue weighted by molar-refractivity contribution is 7.92. The standard InChI is InChI=1S/C20H26N4O3S/c1-20(2,3)28(26,27)18-6-5-17(15-22-18)23-11-4-12-24(14-13-23)19(25)16-7-9-21-10-8-16/h5-10,15H,4,11-14H2,1-3H3. The summed E-state index contributed by atoms with van der Waals surface area (Å²) in [5.41, 5.74) is 1.51. The van der Waals surface area contributed by atoms with Gasteiger partial charge in [-0.2, -0.15) is 0 Å². The van der Waals surface area contributed by atoms with Crippen molar-refractivity contribution in [3.8, 4) is 0 Å². The third-order valence-electron chi connectivity index (χ3n) is 4.88. The van der Waals surface area contributed by atoms with Crippen LogP contribution in [-0.2, 0) is 9.84 Å². The Morgan fingerprint density at radius 2 is 1.71 bits per heavy atom. The first kappa shape index (κ1) is 20.3. The van der Waals surface area contributed by atoms with Crippen LogP contribution in [0.1, 0.15) is 37.6 Å². The van der Waals surface area contributed by atoms with Gasteiger partial charge in [-0.15, -0.1) is 0 Å². The van der Waals surface area contributed by atoms with Gasteiger partial charge < -0.3 is 9.80 Å². The predicted octanol–water partition coefficient (Wildman–Crippen LogP) is 2.40. The van der Waals surface area contributed by atoms with Crippen LogP contribution in [-0.4, -0.2) is 60.1 Å². The summed E-state index contributed by atoms with van der Waals surface area (Å²) in [4.78, 5) is 24.8. The van der Waals surface area contributed by atoms with Crippen LogP contribution in [0.4, 0.5) is 5.69 Å². The van der Waals surface area contributed by atoms with Crippen molar-refractivity contribution in [2.24, 2.45) is 0 Å². The second-order valence-electron chi connectivity index (χ2n) is 7.84. The quantitative estimate of drug-likeness (QED) is 0.784. The van der Waals surface area contributed by atoms with Crippen molar-refractivity contribution in [3.05, 3.63) is 48.4 Å². The third-order valence-corrected chi connectivity index (χ3v) is 7.28. The van der Waals surface area contributed by atoms with Crippen molar-refractivity contribution >= 4 is 21.4 Å². The van der Waals surface area contributed by atoms with E-state index in [2.05, 4.69) is 14.9 Å². The number of pyridine rings is 2. The molecule has 3 heterocycles. The minimum absolute atomic E-state index is 0.00833. The molecule has 28 heavy (non-hydrogen) atoms. The minimum Gasteiger partial charge on any atom is -0.368 e. The number of rotatable bonds is 3. The molecule has 1 fully saturated rings. The monoisotopic (exact) mass is 402 g/mol. The van der Waals surface area contributed by atoms with Gasteiger partial charge in [0.05, 0.1) is 16.6 Å². The summed E-state index contributed by atoms with van der Waals surface area (Å²) in [5, 5.41) is 0.0908. The number of carbonyl (C=O) groups excluding carboxylic acids is 1. The second kappa shape index (κ2) is 7.87. The fourth-order valence-electron chi connectivity index (χ4n) is 3.09. The van der Waals surface area contributed by atoms with E-state index in [1.54, 1.807) is 63.6 Å². The largest absolute Gasteiger partial charge is 0.368 e. The van der Waals surface area contributed by atoms with Crippen molar-refractivity contribution in [3.63, 3.8) is 0 Å². The van der Waals surface area contributed by atoms with E-state index in [-0.39, 0.29) is 10.9 Å². The van der Waals surface area contributed by atoms with E-state index in [0.717, 1.165) is 18.7 Å². The molecule has 3 rings (SSSR count). The Labute approximate surface area is 166 Å². The normalized spacial score (nSPS) is 16.0. The zero-order valence-corrected chi connectivity index (χ0v) is 17.3. The number of nitrogens with zero attached hydrogens (tertiary/aromatic N) is 4. The summed E-state index contributed by atoms with van der Waals surface area (Å²) >= 11 is 0. The second-order valence-corrected chi connectivity index (χ2v) is 10.5. The van der Waals surface area contributed by atoms with E-state index in [0.29, 0.717) is 25.2 Å². The molecule has 1 aliphatic rings. The maximum Gasteiger partial charge on any atom is 0.254 e. The van der Waals surface area contributed by atoms with Crippen LogP contribution < -0.4 is 4.90 Å². The fourth-order valence-corrected chi connectivity index (χ4v) is 4.15. The van der Waals surface area contributed by atoms with Crippen LogP contribution in [0, 0.1) is 0 Å². The van der Waals surface area contributed by atoms with E-state index in [4.69, 9.17) is 0 Å². The van der Waals surface area contributed by atoms with E-state index in [1.165, 1.54) is 0 Å². The number of sulfone groups is 1. The van der Waals surface area contributed by atoms with Crippen LogP contribution in [0.25, 0.3) is 0 Å². The first-order valence-corrected chi connectivity index (χ1v) is 10.8. The molecule has 0 saturated carbocycles. The highest BCUT2D eigenvalue weighted by atomic mass is 32.2. The number of hydrogen-bond acceptors (Lipinski definition) is 6. The molecule has 0 N–H and O–H groups in total. The lowest BCUT2D eigenvalue weighted by molar-refractivity contribution is 0.0767. The van der Waals surface area contributed by atoms with Crippen LogP contribution in [0.15, 0.2) is 47.9 Å². The SMILES string of the molecule is CC(C)(C)S(=O)(=O)c1ccc(N2CCCN(C(=O)c3ccncc3)CC2)cn1.